The summed E-state index contributed by atoms with van der Waals surface area (Å²) in [6.45, 7) is 7.37. The summed E-state index contributed by atoms with van der Waals surface area (Å²) in [5.41, 5.74) is 2.64. The molecule has 0 unspecified atom stereocenters. The van der Waals surface area contributed by atoms with Gasteiger partial charge in [-0.25, -0.2) is 18.4 Å². The quantitative estimate of drug-likeness (QED) is 0.557. The van der Waals surface area contributed by atoms with Crippen LogP contribution < -0.4 is 5.14 Å². The van der Waals surface area contributed by atoms with Crippen molar-refractivity contribution in [3.8, 4) is 0 Å². The number of ketones is 2. The molecule has 0 saturated heterocycles. The first-order valence-electron chi connectivity index (χ1n) is 8.39. The molecule has 3 N–H and O–H groups in total. The fourth-order valence-electron chi connectivity index (χ4n) is 3.08. The van der Waals surface area contributed by atoms with Gasteiger partial charge in [-0.1, -0.05) is 0 Å². The number of nitrogens with two attached hydrogens (primary N) is 1. The summed E-state index contributed by atoms with van der Waals surface area (Å²) in [5.74, 6) is -1.53. The summed E-state index contributed by atoms with van der Waals surface area (Å²) in [5, 5.41) is 5.19. The van der Waals surface area contributed by atoms with Gasteiger partial charge < -0.3 is 9.72 Å². The average Bonchev–Trinajstić information content (AvgIpc) is 2.88. The van der Waals surface area contributed by atoms with Gasteiger partial charge in [0.1, 0.15) is 0 Å². The molecule has 0 saturated carbocycles. The van der Waals surface area contributed by atoms with Crippen LogP contribution in [0.1, 0.15) is 60.5 Å². The highest BCUT2D eigenvalue weighted by Crippen LogP contribution is 2.21. The summed E-state index contributed by atoms with van der Waals surface area (Å²) in [6, 6.07) is 2.59. The predicted molar refractivity (Wildman–Crippen MR) is 102 cm³/mol. The fraction of sp³-hybridized carbons (Fsp3) is 0.316. The van der Waals surface area contributed by atoms with E-state index < -0.39 is 28.4 Å². The van der Waals surface area contributed by atoms with Gasteiger partial charge in [0.05, 0.1) is 16.2 Å². The number of aryl methyl sites for hydroxylation is 2. The standard InChI is InChI=1S/C19H22N2O6S/c1-9-6-14(7-16(10(9)2)28(20,25)26)19(24)27-8-15(23)18-11(3)17(13(5)22)12(4)21-18/h6-7,21H,8H2,1-5H3,(H2,20,25,26). The van der Waals surface area contributed by atoms with Crippen LogP contribution in [0.2, 0.25) is 0 Å². The molecule has 2 rings (SSSR count). The Kier molecular flexibility index (Phi) is 5.91. The van der Waals surface area contributed by atoms with Crippen molar-refractivity contribution in [1.82, 2.24) is 4.98 Å². The van der Waals surface area contributed by atoms with Crippen molar-refractivity contribution in [2.45, 2.75) is 39.5 Å². The monoisotopic (exact) mass is 406 g/mol. The van der Waals surface area contributed by atoms with E-state index in [1.54, 1.807) is 27.7 Å². The average molecular weight is 406 g/mol. The highest BCUT2D eigenvalue weighted by Gasteiger charge is 2.22. The zero-order valence-corrected chi connectivity index (χ0v) is 17.1. The van der Waals surface area contributed by atoms with Crippen molar-refractivity contribution >= 4 is 27.6 Å². The molecule has 8 nitrogen and oxygen atoms in total. The number of hydrogen-bond donors (Lipinski definition) is 2. The maximum atomic E-state index is 12.4. The molecular formula is C19H22N2O6S. The van der Waals surface area contributed by atoms with Gasteiger partial charge in [0.2, 0.25) is 15.8 Å². The predicted octanol–water partition coefficient (Wildman–Crippen LogP) is 2.14. The maximum absolute atomic E-state index is 12.4. The number of aromatic amines is 1. The zero-order valence-electron chi connectivity index (χ0n) is 16.3. The minimum absolute atomic E-state index is 0.0243. The van der Waals surface area contributed by atoms with Crippen molar-refractivity contribution in [2.24, 2.45) is 5.14 Å². The van der Waals surface area contributed by atoms with Crippen LogP contribution in [0.4, 0.5) is 0 Å². The number of nitrogens with one attached hydrogen (secondary N) is 1. The van der Waals surface area contributed by atoms with Crippen LogP contribution in [0.5, 0.6) is 0 Å². The molecule has 1 aromatic carbocycles. The Hall–Kier alpha value is -2.78. The minimum atomic E-state index is -4.01. The van der Waals surface area contributed by atoms with Crippen molar-refractivity contribution in [3.63, 3.8) is 0 Å². The normalized spacial score (nSPS) is 11.4. The van der Waals surface area contributed by atoms with Crippen LogP contribution in [-0.2, 0) is 14.8 Å². The molecule has 0 aliphatic carbocycles. The first-order valence-corrected chi connectivity index (χ1v) is 9.93. The van der Waals surface area contributed by atoms with E-state index in [2.05, 4.69) is 4.98 Å². The first kappa shape index (κ1) is 21.5. The molecule has 9 heteroatoms. The fourth-order valence-corrected chi connectivity index (χ4v) is 3.96. The number of benzene rings is 1. The molecule has 0 radical (unpaired) electrons. The second kappa shape index (κ2) is 7.69. The molecule has 150 valence electrons. The summed E-state index contributed by atoms with van der Waals surface area (Å²) in [7, 11) is -4.01. The topological polar surface area (TPSA) is 136 Å². The van der Waals surface area contributed by atoms with Crippen molar-refractivity contribution < 1.29 is 27.5 Å². The van der Waals surface area contributed by atoms with Gasteiger partial charge in [-0.05, 0) is 63.4 Å². The van der Waals surface area contributed by atoms with Crippen LogP contribution in [0.3, 0.4) is 0 Å². The Morgan fingerprint density at radius 1 is 1.07 bits per heavy atom. The molecule has 0 aliphatic heterocycles. The Bertz CT molecular complexity index is 1100. The summed E-state index contributed by atoms with van der Waals surface area (Å²) in [6.07, 6.45) is 0. The number of hydrogen-bond acceptors (Lipinski definition) is 6. The van der Waals surface area contributed by atoms with Gasteiger partial charge in [-0.15, -0.1) is 0 Å². The van der Waals surface area contributed by atoms with E-state index in [1.165, 1.54) is 13.0 Å². The number of ether oxygens (including phenoxy) is 1. The van der Waals surface area contributed by atoms with Crippen molar-refractivity contribution in [3.05, 3.63) is 51.3 Å². The third-order valence-corrected chi connectivity index (χ3v) is 5.60. The number of carbonyl (C=O) groups excluding carboxylic acids is 3. The Labute approximate surface area is 163 Å². The molecule has 0 fully saturated rings. The van der Waals surface area contributed by atoms with Gasteiger partial charge in [-0.3, -0.25) is 9.59 Å². The van der Waals surface area contributed by atoms with Crippen molar-refractivity contribution in [1.29, 1.82) is 0 Å². The lowest BCUT2D eigenvalue weighted by Gasteiger charge is -2.10. The van der Waals surface area contributed by atoms with E-state index in [-0.39, 0.29) is 21.9 Å². The lowest BCUT2D eigenvalue weighted by Crippen LogP contribution is -2.18. The second-order valence-electron chi connectivity index (χ2n) is 6.64. The summed E-state index contributed by atoms with van der Waals surface area (Å²) in [4.78, 5) is 39.1. The molecular weight excluding hydrogens is 384 g/mol. The Morgan fingerprint density at radius 3 is 2.18 bits per heavy atom. The molecule has 0 atom stereocenters. The molecule has 0 spiro atoms. The summed E-state index contributed by atoms with van der Waals surface area (Å²) < 4.78 is 28.4. The van der Waals surface area contributed by atoms with E-state index in [0.717, 1.165) is 6.07 Å². The van der Waals surface area contributed by atoms with E-state index >= 15 is 0 Å². The number of esters is 1. The molecule has 0 aliphatic rings. The third kappa shape index (κ3) is 4.20. The number of sulfonamides is 1. The largest absolute Gasteiger partial charge is 0.454 e. The van der Waals surface area contributed by atoms with Crippen LogP contribution >= 0.6 is 0 Å². The van der Waals surface area contributed by atoms with Crippen LogP contribution in [0.25, 0.3) is 0 Å². The molecule has 0 bridgehead atoms. The molecule has 1 heterocycles. The zero-order chi connectivity index (χ0) is 21.4. The Balaban J connectivity index is 2.24. The molecule has 28 heavy (non-hydrogen) atoms. The molecule has 1 aromatic heterocycles. The van der Waals surface area contributed by atoms with E-state index in [9.17, 15) is 22.8 Å². The number of aromatic nitrogens is 1. The van der Waals surface area contributed by atoms with Crippen molar-refractivity contribution in [2.75, 3.05) is 6.61 Å². The highest BCUT2D eigenvalue weighted by molar-refractivity contribution is 7.89. The molecule has 0 amide bonds. The van der Waals surface area contributed by atoms with E-state index in [1.807, 2.05) is 0 Å². The number of primary sulfonamides is 1. The molecule has 2 aromatic rings. The summed E-state index contributed by atoms with van der Waals surface area (Å²) >= 11 is 0. The van der Waals surface area contributed by atoms with Crippen LogP contribution in [-0.4, -0.2) is 37.5 Å². The number of rotatable bonds is 6. The van der Waals surface area contributed by atoms with E-state index in [4.69, 9.17) is 9.88 Å². The third-order valence-electron chi connectivity index (χ3n) is 4.56. The maximum Gasteiger partial charge on any atom is 0.338 e. The van der Waals surface area contributed by atoms with Gasteiger partial charge in [0.25, 0.3) is 0 Å². The lowest BCUT2D eigenvalue weighted by atomic mass is 10.1. The lowest BCUT2D eigenvalue weighted by molar-refractivity contribution is 0.0473. The minimum Gasteiger partial charge on any atom is -0.454 e. The number of Topliss-reactive ketones (excluding diaryl/α,β-unsaturated/α-hetero) is 2. The smallest absolute Gasteiger partial charge is 0.338 e. The number of carbonyl (C=O) groups is 3. The Morgan fingerprint density at radius 2 is 1.68 bits per heavy atom. The van der Waals surface area contributed by atoms with Gasteiger partial charge in [0.15, 0.2) is 12.4 Å². The first-order chi connectivity index (χ1) is 12.8. The van der Waals surface area contributed by atoms with Gasteiger partial charge >= 0.3 is 5.97 Å². The van der Waals surface area contributed by atoms with Gasteiger partial charge in [0, 0.05) is 11.3 Å². The van der Waals surface area contributed by atoms with Crippen LogP contribution in [0.15, 0.2) is 17.0 Å². The van der Waals surface area contributed by atoms with E-state index in [0.29, 0.717) is 27.9 Å². The SMILES string of the molecule is CC(=O)c1c(C)[nH]c(C(=O)COC(=O)c2cc(C)c(C)c(S(N)(=O)=O)c2)c1C. The number of H-pyrrole nitrogens is 1. The second-order valence-corrected chi connectivity index (χ2v) is 8.17. The van der Waals surface area contributed by atoms with Crippen LogP contribution in [0, 0.1) is 27.7 Å². The highest BCUT2D eigenvalue weighted by atomic mass is 32.2. The van der Waals surface area contributed by atoms with Gasteiger partial charge in [-0.2, -0.15) is 0 Å².